The van der Waals surface area contributed by atoms with Crippen LogP contribution in [0.15, 0.2) is 22.7 Å². The summed E-state index contributed by atoms with van der Waals surface area (Å²) in [5.74, 6) is -0.212. The molecule has 0 spiro atoms. The van der Waals surface area contributed by atoms with Gasteiger partial charge in [-0.15, -0.1) is 0 Å². The summed E-state index contributed by atoms with van der Waals surface area (Å²) in [6.45, 7) is 4.36. The molecule has 16 heavy (non-hydrogen) atoms. The van der Waals surface area contributed by atoms with Gasteiger partial charge in [0.05, 0.1) is 0 Å². The number of hydrogen-bond acceptors (Lipinski definition) is 1. The first-order valence-electron chi connectivity index (χ1n) is 5.85. The summed E-state index contributed by atoms with van der Waals surface area (Å²) >= 11 is 3.35. The molecule has 1 rings (SSSR count). The fourth-order valence-corrected chi connectivity index (χ4v) is 2.11. The van der Waals surface area contributed by atoms with Crippen LogP contribution in [0.3, 0.4) is 0 Å². The van der Waals surface area contributed by atoms with Crippen molar-refractivity contribution < 1.29 is 4.39 Å². The predicted octanol–water partition coefficient (Wildman–Crippen LogP) is 4.97. The quantitative estimate of drug-likeness (QED) is 0.729. The van der Waals surface area contributed by atoms with Gasteiger partial charge in [0.15, 0.2) is 0 Å². The van der Waals surface area contributed by atoms with Crippen molar-refractivity contribution in [2.24, 2.45) is 0 Å². The maximum atomic E-state index is 12.9. The third kappa shape index (κ3) is 4.52. The molecule has 0 aromatic heterocycles. The molecule has 1 atom stereocenters. The van der Waals surface area contributed by atoms with E-state index in [1.165, 1.54) is 31.4 Å². The van der Waals surface area contributed by atoms with Crippen LogP contribution in [0.2, 0.25) is 0 Å². The lowest BCUT2D eigenvalue weighted by Gasteiger charge is -2.16. The standard InChI is InChI=1S/C13H19BrFN/c1-3-4-5-6-10(2)16-13-8-7-11(15)9-12(13)14/h7-10,16H,3-6H2,1-2H3. The number of halogens is 2. The van der Waals surface area contributed by atoms with E-state index in [-0.39, 0.29) is 5.82 Å². The van der Waals surface area contributed by atoms with E-state index < -0.39 is 0 Å². The van der Waals surface area contributed by atoms with Crippen LogP contribution in [-0.2, 0) is 0 Å². The van der Waals surface area contributed by atoms with Crippen molar-refractivity contribution in [3.8, 4) is 0 Å². The molecule has 0 bridgehead atoms. The second-order valence-electron chi connectivity index (χ2n) is 4.17. The Labute approximate surface area is 106 Å². The van der Waals surface area contributed by atoms with Gasteiger partial charge in [0, 0.05) is 16.2 Å². The average Bonchev–Trinajstić information content (AvgIpc) is 2.23. The summed E-state index contributed by atoms with van der Waals surface area (Å²) in [4.78, 5) is 0. The second kappa shape index (κ2) is 6.89. The molecule has 90 valence electrons. The minimum atomic E-state index is -0.212. The lowest BCUT2D eigenvalue weighted by atomic mass is 10.1. The van der Waals surface area contributed by atoms with Crippen LogP contribution in [0, 0.1) is 5.82 Å². The number of nitrogens with one attached hydrogen (secondary N) is 1. The molecule has 0 fully saturated rings. The van der Waals surface area contributed by atoms with E-state index in [0.29, 0.717) is 6.04 Å². The molecule has 0 radical (unpaired) electrons. The van der Waals surface area contributed by atoms with Gasteiger partial charge in [-0.1, -0.05) is 26.2 Å². The van der Waals surface area contributed by atoms with E-state index in [0.717, 1.165) is 16.6 Å². The van der Waals surface area contributed by atoms with Gasteiger partial charge in [-0.2, -0.15) is 0 Å². The Hall–Kier alpha value is -0.570. The molecule has 3 heteroatoms. The topological polar surface area (TPSA) is 12.0 Å². The lowest BCUT2D eigenvalue weighted by Crippen LogP contribution is -2.15. The first-order valence-corrected chi connectivity index (χ1v) is 6.64. The van der Waals surface area contributed by atoms with Gasteiger partial charge in [-0.05, 0) is 47.5 Å². The Balaban J connectivity index is 2.46. The number of unbranched alkanes of at least 4 members (excludes halogenated alkanes) is 2. The number of benzene rings is 1. The zero-order valence-corrected chi connectivity index (χ0v) is 11.5. The molecule has 1 aromatic rings. The third-order valence-corrected chi connectivity index (χ3v) is 3.23. The van der Waals surface area contributed by atoms with Crippen LogP contribution in [0.25, 0.3) is 0 Å². The molecule has 0 aliphatic rings. The fourth-order valence-electron chi connectivity index (χ4n) is 1.64. The van der Waals surface area contributed by atoms with Gasteiger partial charge in [0.1, 0.15) is 5.82 Å². The van der Waals surface area contributed by atoms with Crippen molar-refractivity contribution >= 4 is 21.6 Å². The Bertz CT molecular complexity index is 328. The summed E-state index contributed by atoms with van der Waals surface area (Å²) in [6.07, 6.45) is 4.91. The van der Waals surface area contributed by atoms with E-state index in [1.54, 1.807) is 6.07 Å². The highest BCUT2D eigenvalue weighted by Gasteiger charge is 2.05. The van der Waals surface area contributed by atoms with E-state index in [2.05, 4.69) is 35.1 Å². The van der Waals surface area contributed by atoms with Crippen molar-refractivity contribution in [2.75, 3.05) is 5.32 Å². The Kier molecular flexibility index (Phi) is 5.81. The summed E-state index contributed by atoms with van der Waals surface area (Å²) in [5.41, 5.74) is 0.963. The highest BCUT2D eigenvalue weighted by molar-refractivity contribution is 9.10. The molecule has 0 saturated heterocycles. The van der Waals surface area contributed by atoms with Gasteiger partial charge < -0.3 is 5.32 Å². The molecule has 0 aliphatic heterocycles. The number of rotatable bonds is 6. The summed E-state index contributed by atoms with van der Waals surface area (Å²) in [7, 11) is 0. The van der Waals surface area contributed by atoms with Crippen LogP contribution >= 0.6 is 15.9 Å². The Morgan fingerprint density at radius 1 is 1.38 bits per heavy atom. The molecular weight excluding hydrogens is 269 g/mol. The van der Waals surface area contributed by atoms with Gasteiger partial charge in [-0.25, -0.2) is 4.39 Å². The minimum Gasteiger partial charge on any atom is -0.382 e. The molecule has 1 N–H and O–H groups in total. The normalized spacial score (nSPS) is 12.5. The van der Waals surface area contributed by atoms with Gasteiger partial charge >= 0.3 is 0 Å². The highest BCUT2D eigenvalue weighted by atomic mass is 79.9. The molecule has 0 heterocycles. The predicted molar refractivity (Wildman–Crippen MR) is 71.3 cm³/mol. The second-order valence-corrected chi connectivity index (χ2v) is 5.02. The fraction of sp³-hybridized carbons (Fsp3) is 0.538. The van der Waals surface area contributed by atoms with Crippen molar-refractivity contribution in [2.45, 2.75) is 45.6 Å². The zero-order chi connectivity index (χ0) is 12.0. The van der Waals surface area contributed by atoms with Crippen molar-refractivity contribution in [1.29, 1.82) is 0 Å². The lowest BCUT2D eigenvalue weighted by molar-refractivity contribution is 0.613. The monoisotopic (exact) mass is 287 g/mol. The molecule has 1 aromatic carbocycles. The first kappa shape index (κ1) is 13.5. The third-order valence-electron chi connectivity index (χ3n) is 2.57. The first-order chi connectivity index (χ1) is 7.63. The molecule has 0 saturated carbocycles. The maximum Gasteiger partial charge on any atom is 0.124 e. The summed E-state index contributed by atoms with van der Waals surface area (Å²) in [6, 6.07) is 5.16. The number of hydrogen-bond donors (Lipinski definition) is 1. The van der Waals surface area contributed by atoms with Crippen LogP contribution < -0.4 is 5.32 Å². The number of anilines is 1. The largest absolute Gasteiger partial charge is 0.382 e. The average molecular weight is 288 g/mol. The van der Waals surface area contributed by atoms with Crippen LogP contribution in [0.1, 0.15) is 39.5 Å². The van der Waals surface area contributed by atoms with Gasteiger partial charge in [0.25, 0.3) is 0 Å². The van der Waals surface area contributed by atoms with Crippen LogP contribution in [0.4, 0.5) is 10.1 Å². The molecule has 0 amide bonds. The van der Waals surface area contributed by atoms with Crippen LogP contribution in [-0.4, -0.2) is 6.04 Å². The van der Waals surface area contributed by atoms with Gasteiger partial charge in [0.2, 0.25) is 0 Å². The smallest absolute Gasteiger partial charge is 0.124 e. The highest BCUT2D eigenvalue weighted by Crippen LogP contribution is 2.24. The molecular formula is C13H19BrFN. The Morgan fingerprint density at radius 3 is 2.75 bits per heavy atom. The van der Waals surface area contributed by atoms with Crippen molar-refractivity contribution in [3.05, 3.63) is 28.5 Å². The molecule has 1 nitrogen and oxygen atoms in total. The van der Waals surface area contributed by atoms with E-state index in [1.807, 2.05) is 0 Å². The van der Waals surface area contributed by atoms with Crippen molar-refractivity contribution in [3.63, 3.8) is 0 Å². The molecule has 1 unspecified atom stereocenters. The Morgan fingerprint density at radius 2 is 2.12 bits per heavy atom. The minimum absolute atomic E-state index is 0.212. The van der Waals surface area contributed by atoms with E-state index >= 15 is 0 Å². The van der Waals surface area contributed by atoms with Crippen molar-refractivity contribution in [1.82, 2.24) is 0 Å². The maximum absolute atomic E-state index is 12.9. The van der Waals surface area contributed by atoms with Gasteiger partial charge in [-0.3, -0.25) is 0 Å². The molecule has 0 aliphatic carbocycles. The summed E-state index contributed by atoms with van der Waals surface area (Å²) in [5, 5.41) is 3.38. The summed E-state index contributed by atoms with van der Waals surface area (Å²) < 4.78 is 13.7. The van der Waals surface area contributed by atoms with E-state index in [4.69, 9.17) is 0 Å². The van der Waals surface area contributed by atoms with Crippen LogP contribution in [0.5, 0.6) is 0 Å². The zero-order valence-electron chi connectivity index (χ0n) is 9.89. The van der Waals surface area contributed by atoms with E-state index in [9.17, 15) is 4.39 Å². The SMILES string of the molecule is CCCCCC(C)Nc1ccc(F)cc1Br.